The van der Waals surface area contributed by atoms with Crippen molar-refractivity contribution in [1.29, 1.82) is 0 Å². The van der Waals surface area contributed by atoms with Crippen LogP contribution in [0.5, 0.6) is 0 Å². The second kappa shape index (κ2) is 2.84. The predicted molar refractivity (Wildman–Crippen MR) is 43.9 cm³/mol. The number of halogens is 4. The van der Waals surface area contributed by atoms with E-state index >= 15 is 0 Å². The lowest BCUT2D eigenvalue weighted by Gasteiger charge is -2.07. The molecular formula is C7H3ClF3N3. The first-order valence-corrected chi connectivity index (χ1v) is 3.93. The SMILES string of the molecule is FC(F)(F)c1cc(Cl)nc2[nH]ncc12. The van der Waals surface area contributed by atoms with Crippen LogP contribution >= 0.6 is 11.6 Å². The highest BCUT2D eigenvalue weighted by Gasteiger charge is 2.33. The topological polar surface area (TPSA) is 41.6 Å². The van der Waals surface area contributed by atoms with Crippen molar-refractivity contribution in [3.8, 4) is 0 Å². The summed E-state index contributed by atoms with van der Waals surface area (Å²) in [7, 11) is 0. The van der Waals surface area contributed by atoms with E-state index in [1.165, 1.54) is 0 Å². The minimum atomic E-state index is -4.45. The van der Waals surface area contributed by atoms with Crippen LogP contribution in [0.25, 0.3) is 11.0 Å². The average Bonchev–Trinajstić information content (AvgIpc) is 2.47. The largest absolute Gasteiger partial charge is 0.417 e. The molecule has 0 atom stereocenters. The van der Waals surface area contributed by atoms with Gasteiger partial charge in [-0.15, -0.1) is 0 Å². The first kappa shape index (κ1) is 9.26. The quantitative estimate of drug-likeness (QED) is 0.695. The minimum absolute atomic E-state index is 0.0322. The van der Waals surface area contributed by atoms with Gasteiger partial charge in [0.2, 0.25) is 0 Å². The summed E-state index contributed by atoms with van der Waals surface area (Å²) < 4.78 is 37.3. The van der Waals surface area contributed by atoms with Gasteiger partial charge in [0.15, 0.2) is 5.65 Å². The first-order valence-electron chi connectivity index (χ1n) is 3.55. The molecule has 0 saturated carbocycles. The molecule has 0 bridgehead atoms. The molecule has 0 fully saturated rings. The summed E-state index contributed by atoms with van der Waals surface area (Å²) >= 11 is 5.43. The highest BCUT2D eigenvalue weighted by Crippen LogP contribution is 2.34. The number of H-pyrrole nitrogens is 1. The van der Waals surface area contributed by atoms with Crippen molar-refractivity contribution in [2.24, 2.45) is 0 Å². The number of pyridine rings is 1. The second-order valence-electron chi connectivity index (χ2n) is 2.62. The molecular weight excluding hydrogens is 219 g/mol. The van der Waals surface area contributed by atoms with Gasteiger partial charge in [-0.3, -0.25) is 5.10 Å². The van der Waals surface area contributed by atoms with Crippen LogP contribution in [0.2, 0.25) is 5.15 Å². The van der Waals surface area contributed by atoms with Gasteiger partial charge in [0.1, 0.15) is 5.15 Å². The maximum absolute atomic E-state index is 12.4. The molecule has 0 aliphatic carbocycles. The maximum Gasteiger partial charge on any atom is 0.417 e. The monoisotopic (exact) mass is 221 g/mol. The summed E-state index contributed by atoms with van der Waals surface area (Å²) in [6.07, 6.45) is -3.38. The molecule has 74 valence electrons. The van der Waals surface area contributed by atoms with E-state index in [0.29, 0.717) is 0 Å². The number of nitrogens with zero attached hydrogens (tertiary/aromatic N) is 2. The van der Waals surface area contributed by atoms with Gasteiger partial charge in [0.05, 0.1) is 17.1 Å². The van der Waals surface area contributed by atoms with Crippen LogP contribution in [0.1, 0.15) is 5.56 Å². The molecule has 0 amide bonds. The lowest BCUT2D eigenvalue weighted by atomic mass is 10.2. The van der Waals surface area contributed by atoms with E-state index in [0.717, 1.165) is 12.3 Å². The van der Waals surface area contributed by atoms with Crippen molar-refractivity contribution in [3.05, 3.63) is 23.0 Å². The van der Waals surface area contributed by atoms with Crippen LogP contribution in [0.4, 0.5) is 13.2 Å². The molecule has 2 rings (SSSR count). The van der Waals surface area contributed by atoms with E-state index in [4.69, 9.17) is 11.6 Å². The predicted octanol–water partition coefficient (Wildman–Crippen LogP) is 2.63. The standard InChI is InChI=1S/C7H3ClF3N3/c8-5-1-4(7(9,10)11)3-2-12-14-6(3)13-5/h1-2H,(H,12,13,14). The van der Waals surface area contributed by atoms with E-state index in [-0.39, 0.29) is 16.2 Å². The fraction of sp³-hybridized carbons (Fsp3) is 0.143. The summed E-state index contributed by atoms with van der Waals surface area (Å²) in [5, 5.41) is 5.50. The zero-order chi connectivity index (χ0) is 10.3. The van der Waals surface area contributed by atoms with Crippen molar-refractivity contribution in [3.63, 3.8) is 0 Å². The molecule has 0 saturated heterocycles. The lowest BCUT2D eigenvalue weighted by molar-refractivity contribution is -0.136. The van der Waals surface area contributed by atoms with Crippen molar-refractivity contribution >= 4 is 22.6 Å². The normalized spacial score (nSPS) is 12.3. The minimum Gasteiger partial charge on any atom is -0.261 e. The number of aromatic nitrogens is 3. The number of rotatable bonds is 0. The Labute approximate surface area is 80.9 Å². The van der Waals surface area contributed by atoms with Crippen molar-refractivity contribution in [2.75, 3.05) is 0 Å². The van der Waals surface area contributed by atoms with Gasteiger partial charge >= 0.3 is 6.18 Å². The lowest BCUT2D eigenvalue weighted by Crippen LogP contribution is -2.05. The molecule has 14 heavy (non-hydrogen) atoms. The van der Waals surface area contributed by atoms with Crippen molar-refractivity contribution in [1.82, 2.24) is 15.2 Å². The first-order chi connectivity index (χ1) is 6.48. The smallest absolute Gasteiger partial charge is 0.261 e. The van der Waals surface area contributed by atoms with E-state index in [1.54, 1.807) is 0 Å². The number of nitrogens with one attached hydrogen (secondary N) is 1. The molecule has 2 heterocycles. The Hall–Kier alpha value is -1.30. The van der Waals surface area contributed by atoms with Gasteiger partial charge in [0.25, 0.3) is 0 Å². The molecule has 2 aromatic heterocycles. The van der Waals surface area contributed by atoms with Gasteiger partial charge in [-0.25, -0.2) is 4.98 Å². The van der Waals surface area contributed by atoms with Crippen LogP contribution in [0, 0.1) is 0 Å². The molecule has 1 N–H and O–H groups in total. The highest BCUT2D eigenvalue weighted by molar-refractivity contribution is 6.29. The Balaban J connectivity index is 2.80. The van der Waals surface area contributed by atoms with Crippen LogP contribution in [-0.2, 0) is 6.18 Å². The average molecular weight is 222 g/mol. The van der Waals surface area contributed by atoms with Crippen LogP contribution in [-0.4, -0.2) is 15.2 Å². The molecule has 0 aliphatic heterocycles. The summed E-state index contributed by atoms with van der Waals surface area (Å²) in [5.41, 5.74) is -0.800. The van der Waals surface area contributed by atoms with Gasteiger partial charge in [0, 0.05) is 0 Å². The summed E-state index contributed by atoms with van der Waals surface area (Å²) in [6, 6.07) is 0.777. The van der Waals surface area contributed by atoms with E-state index in [2.05, 4.69) is 15.2 Å². The number of aromatic amines is 1. The third kappa shape index (κ3) is 1.41. The molecule has 0 aromatic carbocycles. The molecule has 0 unspecified atom stereocenters. The molecule has 0 aliphatic rings. The number of hydrogen-bond acceptors (Lipinski definition) is 2. The summed E-state index contributed by atoms with van der Waals surface area (Å²) in [5.74, 6) is 0. The van der Waals surface area contributed by atoms with E-state index < -0.39 is 11.7 Å². The van der Waals surface area contributed by atoms with Crippen LogP contribution in [0.15, 0.2) is 12.3 Å². The summed E-state index contributed by atoms with van der Waals surface area (Å²) in [6.45, 7) is 0. The molecule has 0 radical (unpaired) electrons. The third-order valence-electron chi connectivity index (χ3n) is 1.70. The van der Waals surface area contributed by atoms with E-state index in [1.807, 2.05) is 0 Å². The van der Waals surface area contributed by atoms with Gasteiger partial charge in [-0.1, -0.05) is 11.6 Å². The number of hydrogen-bond donors (Lipinski definition) is 1. The van der Waals surface area contributed by atoms with Gasteiger partial charge in [-0.2, -0.15) is 18.3 Å². The number of fused-ring (bicyclic) bond motifs is 1. The molecule has 7 heteroatoms. The van der Waals surface area contributed by atoms with Crippen molar-refractivity contribution in [2.45, 2.75) is 6.18 Å². The highest BCUT2D eigenvalue weighted by atomic mass is 35.5. The fourth-order valence-corrected chi connectivity index (χ4v) is 1.33. The third-order valence-corrected chi connectivity index (χ3v) is 1.89. The van der Waals surface area contributed by atoms with Gasteiger partial charge in [-0.05, 0) is 6.07 Å². The Morgan fingerprint density at radius 2 is 2.07 bits per heavy atom. The Bertz CT molecular complexity index is 476. The zero-order valence-corrected chi connectivity index (χ0v) is 7.32. The maximum atomic E-state index is 12.4. The van der Waals surface area contributed by atoms with Gasteiger partial charge < -0.3 is 0 Å². The van der Waals surface area contributed by atoms with Crippen LogP contribution < -0.4 is 0 Å². The summed E-state index contributed by atoms with van der Waals surface area (Å²) in [4.78, 5) is 3.66. The number of alkyl halides is 3. The van der Waals surface area contributed by atoms with Crippen molar-refractivity contribution < 1.29 is 13.2 Å². The fourth-order valence-electron chi connectivity index (χ4n) is 1.13. The molecule has 0 spiro atoms. The Kier molecular flexibility index (Phi) is 1.88. The Morgan fingerprint density at radius 1 is 1.36 bits per heavy atom. The zero-order valence-electron chi connectivity index (χ0n) is 6.56. The van der Waals surface area contributed by atoms with E-state index in [9.17, 15) is 13.2 Å². The van der Waals surface area contributed by atoms with Crippen LogP contribution in [0.3, 0.4) is 0 Å². The molecule has 3 nitrogen and oxygen atoms in total. The Morgan fingerprint density at radius 3 is 2.71 bits per heavy atom. The molecule has 2 aromatic rings. The second-order valence-corrected chi connectivity index (χ2v) is 3.01.